The SMILES string of the molecule is Cc1ccc2c(c1-c1cc(C(C)(C)C)cc(C(C)(C)C)c1)C=C(c1occ3ccccc13)[CH]2[Zr]([Cl])([Cl])([CH]1C(c2occ3ccccc23)=Cc2c1ccc(C)c2-c1cc(C(C)(C)C)cc(C(C)(C)C)c1)=[Si](C)C. The molecule has 0 aliphatic heterocycles. The van der Waals surface area contributed by atoms with Gasteiger partial charge in [-0.1, -0.05) is 0 Å². The number of benzene rings is 6. The predicted octanol–water partition coefficient (Wildman–Crippen LogP) is 20.5. The molecule has 0 fully saturated rings. The molecule has 2 nitrogen and oxygen atoms in total. The van der Waals surface area contributed by atoms with E-state index in [-0.39, 0.29) is 28.9 Å². The quantitative estimate of drug-likeness (QED) is 0.155. The Morgan fingerprint density at radius 2 is 0.792 bits per heavy atom. The van der Waals surface area contributed by atoms with Gasteiger partial charge in [-0.05, 0) is 0 Å². The summed E-state index contributed by atoms with van der Waals surface area (Å²) in [5.74, 6) is 1.70. The average Bonchev–Trinajstić information content (AvgIpc) is 4.10. The van der Waals surface area contributed by atoms with Crippen LogP contribution in [0.3, 0.4) is 0 Å². The van der Waals surface area contributed by atoms with E-state index in [0.717, 1.165) is 44.2 Å². The first kappa shape index (κ1) is 51.1. The number of rotatable bonds is 6. The molecular formula is C66H72Cl2O2SiZr. The van der Waals surface area contributed by atoms with E-state index < -0.39 is 20.4 Å². The molecule has 0 amide bonds. The Morgan fingerprint density at radius 3 is 1.11 bits per heavy atom. The molecule has 2 atom stereocenters. The van der Waals surface area contributed by atoms with E-state index in [1.807, 2.05) is 12.5 Å². The first-order chi connectivity index (χ1) is 33.6. The van der Waals surface area contributed by atoms with Crippen molar-refractivity contribution in [2.75, 3.05) is 0 Å². The number of hydrogen-bond donors (Lipinski definition) is 0. The van der Waals surface area contributed by atoms with Crippen LogP contribution in [0.5, 0.6) is 0 Å². The Balaban J connectivity index is 1.32. The molecule has 2 aromatic heterocycles. The number of halogens is 2. The maximum absolute atomic E-state index is 9.40. The van der Waals surface area contributed by atoms with E-state index in [4.69, 9.17) is 8.83 Å². The molecule has 8 aromatic rings. The summed E-state index contributed by atoms with van der Waals surface area (Å²) >= 11 is -5.71. The van der Waals surface area contributed by atoms with Gasteiger partial charge in [-0.25, -0.2) is 0 Å². The molecular weight excluding hydrogens is 1010 g/mol. The van der Waals surface area contributed by atoms with Crippen molar-refractivity contribution in [3.05, 3.63) is 189 Å². The zero-order valence-corrected chi connectivity index (χ0v) is 50.4. The van der Waals surface area contributed by atoms with E-state index in [2.05, 4.69) is 231 Å². The third kappa shape index (κ3) is 8.29. The van der Waals surface area contributed by atoms with Crippen molar-refractivity contribution in [1.82, 2.24) is 0 Å². The minimum absolute atomic E-state index is 0.0592. The van der Waals surface area contributed by atoms with Gasteiger partial charge in [0, 0.05) is 0 Å². The monoisotopic (exact) mass is 1080 g/mol. The molecule has 10 rings (SSSR count). The molecule has 370 valence electrons. The first-order valence-electron chi connectivity index (χ1n) is 25.9. The fourth-order valence-corrected chi connectivity index (χ4v) is 39.5. The van der Waals surface area contributed by atoms with E-state index in [1.54, 1.807) is 0 Å². The van der Waals surface area contributed by atoms with Crippen LogP contribution in [-0.4, -0.2) is 5.43 Å². The molecule has 2 aliphatic rings. The van der Waals surface area contributed by atoms with Gasteiger partial charge in [-0.3, -0.25) is 0 Å². The topological polar surface area (TPSA) is 26.3 Å². The fourth-order valence-electron chi connectivity index (χ4n) is 11.9. The van der Waals surface area contributed by atoms with Crippen molar-refractivity contribution in [2.45, 2.75) is 139 Å². The Morgan fingerprint density at radius 1 is 0.458 bits per heavy atom. The van der Waals surface area contributed by atoms with Crippen LogP contribution < -0.4 is 0 Å². The molecule has 0 spiro atoms. The van der Waals surface area contributed by atoms with Crippen LogP contribution in [0.4, 0.5) is 0 Å². The Hall–Kier alpha value is -4.44. The van der Waals surface area contributed by atoms with Crippen LogP contribution in [-0.2, 0) is 36.7 Å². The molecule has 2 unspecified atom stereocenters. The predicted molar refractivity (Wildman–Crippen MR) is 311 cm³/mol. The molecule has 0 bridgehead atoms. The zero-order valence-electron chi connectivity index (χ0n) is 45.4. The second-order valence-electron chi connectivity index (χ2n) is 25.6. The summed E-state index contributed by atoms with van der Waals surface area (Å²) in [6, 6.07) is 41.0. The second-order valence-corrected chi connectivity index (χ2v) is 64.4. The Kier molecular flexibility index (Phi) is 12.3. The molecule has 72 heavy (non-hydrogen) atoms. The standard InChI is InChI=1S/2C32H33O.C2H6Si.2ClH.Zr/c2*1-20-12-13-21-14-24(30-27-11-9-8-10-22(27)19-33-30)17-28(21)29(20)23-15-25(31(2,3)4)18-26(16-23)32(5,6)7;1-3-2;;;/h2*8-19H,1-7H3;1-2H3;2*1H;/q;;;;;+2/p-2. The summed E-state index contributed by atoms with van der Waals surface area (Å²) in [4.78, 5) is 0. The fraction of sp³-hybridized carbons (Fsp3) is 0.333. The van der Waals surface area contributed by atoms with Gasteiger partial charge in [-0.15, -0.1) is 0 Å². The Bertz CT molecular complexity index is 3390. The molecule has 0 radical (unpaired) electrons. The first-order valence-corrected chi connectivity index (χ1v) is 41.3. The zero-order chi connectivity index (χ0) is 51.9. The van der Waals surface area contributed by atoms with Gasteiger partial charge in [0.05, 0.1) is 0 Å². The molecule has 2 heterocycles. The van der Waals surface area contributed by atoms with Crippen molar-refractivity contribution in [2.24, 2.45) is 0 Å². The van der Waals surface area contributed by atoms with Gasteiger partial charge in [0.1, 0.15) is 0 Å². The van der Waals surface area contributed by atoms with Crippen molar-refractivity contribution < 1.29 is 23.8 Å². The Labute approximate surface area is 437 Å². The second kappa shape index (κ2) is 17.3. The van der Waals surface area contributed by atoms with E-state index in [1.165, 1.54) is 77.9 Å². The van der Waals surface area contributed by atoms with Crippen molar-refractivity contribution in [3.8, 4) is 22.3 Å². The van der Waals surface area contributed by atoms with Crippen molar-refractivity contribution >= 4 is 67.3 Å². The van der Waals surface area contributed by atoms with Crippen LogP contribution in [0, 0.1) is 13.8 Å². The van der Waals surface area contributed by atoms with Crippen LogP contribution >= 0.6 is 17.0 Å². The van der Waals surface area contributed by atoms with Gasteiger partial charge in [0.2, 0.25) is 0 Å². The molecule has 0 saturated carbocycles. The van der Waals surface area contributed by atoms with Gasteiger partial charge in [0.15, 0.2) is 0 Å². The summed E-state index contributed by atoms with van der Waals surface area (Å²) in [6.45, 7) is 37.2. The number of hydrogen-bond acceptors (Lipinski definition) is 2. The van der Waals surface area contributed by atoms with Crippen LogP contribution in [0.15, 0.2) is 131 Å². The van der Waals surface area contributed by atoms with Gasteiger partial charge in [0.25, 0.3) is 0 Å². The third-order valence-corrected chi connectivity index (χ3v) is 62.5. The van der Waals surface area contributed by atoms with E-state index in [0.29, 0.717) is 0 Å². The summed E-state index contributed by atoms with van der Waals surface area (Å²) in [5.41, 5.74) is 17.8. The molecule has 0 saturated heterocycles. The normalized spacial score (nSPS) is 16.6. The van der Waals surface area contributed by atoms with Crippen LogP contribution in [0.2, 0.25) is 13.1 Å². The van der Waals surface area contributed by atoms with Crippen molar-refractivity contribution in [3.63, 3.8) is 0 Å². The van der Waals surface area contributed by atoms with Crippen LogP contribution in [0.25, 0.3) is 67.1 Å². The van der Waals surface area contributed by atoms with Crippen LogP contribution in [0.1, 0.15) is 157 Å². The summed E-state index contributed by atoms with van der Waals surface area (Å²) in [6.07, 6.45) is 8.69. The molecule has 6 heteroatoms. The number of furan rings is 2. The summed E-state index contributed by atoms with van der Waals surface area (Å²) < 4.78 is 13.1. The summed E-state index contributed by atoms with van der Waals surface area (Å²) in [5, 5.41) is 4.26. The minimum atomic E-state index is -5.71. The molecule has 0 N–H and O–H groups in total. The van der Waals surface area contributed by atoms with E-state index >= 15 is 0 Å². The molecule has 2 aliphatic carbocycles. The van der Waals surface area contributed by atoms with E-state index in [9.17, 15) is 17.0 Å². The average molecular weight is 1090 g/mol. The van der Waals surface area contributed by atoms with Gasteiger partial charge in [-0.2, -0.15) is 0 Å². The van der Waals surface area contributed by atoms with Crippen molar-refractivity contribution in [1.29, 1.82) is 0 Å². The number of fused-ring (bicyclic) bond motifs is 4. The van der Waals surface area contributed by atoms with Gasteiger partial charge < -0.3 is 0 Å². The number of allylic oxidation sites excluding steroid dienone is 2. The molecule has 6 aromatic carbocycles. The number of aryl methyl sites for hydroxylation is 2. The maximum atomic E-state index is 9.40. The third-order valence-electron chi connectivity index (χ3n) is 16.3. The summed E-state index contributed by atoms with van der Waals surface area (Å²) in [7, 11) is 18.8. The van der Waals surface area contributed by atoms with Gasteiger partial charge >= 0.3 is 441 Å².